The number of rotatable bonds is 2. The molecule has 90 valence electrons. The van der Waals surface area contributed by atoms with Gasteiger partial charge in [0, 0.05) is 0 Å². The monoisotopic (exact) mass is 241 g/mol. The lowest BCUT2D eigenvalue weighted by Gasteiger charge is -2.19. The van der Waals surface area contributed by atoms with Crippen LogP contribution in [0.2, 0.25) is 0 Å². The lowest BCUT2D eigenvalue weighted by atomic mass is 10.0. The Morgan fingerprint density at radius 2 is 2.00 bits per heavy atom. The highest BCUT2D eigenvalue weighted by Crippen LogP contribution is 2.31. The van der Waals surface area contributed by atoms with Crippen molar-refractivity contribution < 1.29 is 9.53 Å². The highest BCUT2D eigenvalue weighted by molar-refractivity contribution is 7.17. The average Bonchev–Trinajstić information content (AvgIpc) is 2.44. The van der Waals surface area contributed by atoms with Gasteiger partial charge in [0.15, 0.2) is 0 Å². The summed E-state index contributed by atoms with van der Waals surface area (Å²) in [5.74, 6) is -0.00558. The van der Waals surface area contributed by atoms with Crippen LogP contribution in [0.15, 0.2) is 6.07 Å². The van der Waals surface area contributed by atoms with Gasteiger partial charge in [-0.2, -0.15) is 0 Å². The summed E-state index contributed by atoms with van der Waals surface area (Å²) in [5.41, 5.74) is 6.23. The highest BCUT2D eigenvalue weighted by Gasteiger charge is 2.23. The second kappa shape index (κ2) is 4.45. The lowest BCUT2D eigenvalue weighted by Crippen LogP contribution is -2.24. The maximum atomic E-state index is 11.9. The molecular weight excluding hydrogens is 222 g/mol. The zero-order valence-electron chi connectivity index (χ0n) is 10.5. The van der Waals surface area contributed by atoms with Gasteiger partial charge in [0.2, 0.25) is 0 Å². The molecule has 0 saturated heterocycles. The predicted octanol–water partition coefficient (Wildman–Crippen LogP) is 3.41. The van der Waals surface area contributed by atoms with Gasteiger partial charge < -0.3 is 10.5 Å². The number of esters is 1. The first-order valence-corrected chi connectivity index (χ1v) is 6.15. The second-order valence-corrected chi connectivity index (χ2v) is 6.17. The second-order valence-electron chi connectivity index (χ2n) is 5.09. The summed E-state index contributed by atoms with van der Waals surface area (Å²) in [6.45, 7) is 9.65. The van der Waals surface area contributed by atoms with Crippen LogP contribution in [0.25, 0.3) is 0 Å². The Kier molecular flexibility index (Phi) is 3.63. The van der Waals surface area contributed by atoms with Crippen LogP contribution >= 0.6 is 11.3 Å². The van der Waals surface area contributed by atoms with Crippen LogP contribution < -0.4 is 5.73 Å². The van der Waals surface area contributed by atoms with Crippen LogP contribution in [-0.2, 0) is 4.74 Å². The molecule has 1 rings (SSSR count). The van der Waals surface area contributed by atoms with E-state index in [1.807, 2.05) is 40.7 Å². The van der Waals surface area contributed by atoms with Crippen molar-refractivity contribution in [2.45, 2.75) is 46.1 Å². The van der Waals surface area contributed by atoms with Crippen molar-refractivity contribution in [1.29, 1.82) is 0 Å². The Hall–Kier alpha value is -1.03. The average molecular weight is 241 g/mol. The molecule has 0 aliphatic rings. The topological polar surface area (TPSA) is 52.3 Å². The molecule has 0 radical (unpaired) electrons. The first-order valence-electron chi connectivity index (χ1n) is 5.33. The van der Waals surface area contributed by atoms with E-state index in [1.165, 1.54) is 11.3 Å². The van der Waals surface area contributed by atoms with Gasteiger partial charge in [0.1, 0.15) is 10.5 Å². The summed E-state index contributed by atoms with van der Waals surface area (Å²) in [4.78, 5) is 12.6. The largest absolute Gasteiger partial charge is 0.456 e. The summed E-state index contributed by atoms with van der Waals surface area (Å²) < 4.78 is 5.34. The van der Waals surface area contributed by atoms with Gasteiger partial charge in [-0.3, -0.25) is 0 Å². The molecule has 0 saturated carbocycles. The van der Waals surface area contributed by atoms with Crippen LogP contribution in [0.5, 0.6) is 0 Å². The predicted molar refractivity (Wildman–Crippen MR) is 68.0 cm³/mol. The summed E-state index contributed by atoms with van der Waals surface area (Å²) in [6.07, 6.45) is 0. The molecule has 0 amide bonds. The lowest BCUT2D eigenvalue weighted by molar-refractivity contribution is 0.00738. The molecule has 0 atom stereocenters. The van der Waals surface area contributed by atoms with Gasteiger partial charge >= 0.3 is 5.97 Å². The number of nitrogens with two attached hydrogens (primary N) is 1. The Morgan fingerprint density at radius 1 is 1.44 bits per heavy atom. The Labute approximate surface area is 101 Å². The number of nitrogen functional groups attached to an aromatic ring is 1. The summed E-state index contributed by atoms with van der Waals surface area (Å²) in [7, 11) is 0. The van der Waals surface area contributed by atoms with E-state index in [4.69, 9.17) is 10.5 Å². The van der Waals surface area contributed by atoms with Crippen LogP contribution in [0.4, 0.5) is 5.00 Å². The maximum Gasteiger partial charge on any atom is 0.349 e. The summed E-state index contributed by atoms with van der Waals surface area (Å²) >= 11 is 1.29. The minimum atomic E-state index is -0.468. The van der Waals surface area contributed by atoms with Gasteiger partial charge in [-0.05, 0) is 38.3 Å². The van der Waals surface area contributed by atoms with E-state index in [0.717, 1.165) is 5.56 Å². The molecule has 1 heterocycles. The highest BCUT2D eigenvalue weighted by atomic mass is 32.1. The van der Waals surface area contributed by atoms with Gasteiger partial charge in [0.25, 0.3) is 0 Å². The zero-order chi connectivity index (χ0) is 12.5. The molecule has 16 heavy (non-hydrogen) atoms. The van der Waals surface area contributed by atoms with Crippen molar-refractivity contribution >= 4 is 22.3 Å². The Morgan fingerprint density at radius 3 is 2.44 bits per heavy atom. The van der Waals surface area contributed by atoms with E-state index in [0.29, 0.717) is 9.88 Å². The number of carbonyl (C=O) groups is 1. The third-order valence-corrected chi connectivity index (χ3v) is 2.95. The van der Waals surface area contributed by atoms with Gasteiger partial charge in [0.05, 0.1) is 5.00 Å². The van der Waals surface area contributed by atoms with Crippen LogP contribution in [-0.4, -0.2) is 11.6 Å². The molecule has 0 bridgehead atoms. The number of ether oxygens (including phenoxy) is 1. The summed E-state index contributed by atoms with van der Waals surface area (Å²) in [5, 5.41) is 0.657. The number of carbonyl (C=O) groups excluding carboxylic acids is 1. The van der Waals surface area contributed by atoms with Crippen LogP contribution in [0.1, 0.15) is 55.8 Å². The third kappa shape index (κ3) is 3.23. The Balaban J connectivity index is 2.99. The zero-order valence-corrected chi connectivity index (χ0v) is 11.3. The molecule has 0 fully saturated rings. The van der Waals surface area contributed by atoms with Gasteiger partial charge in [-0.15, -0.1) is 11.3 Å². The van der Waals surface area contributed by atoms with Crippen molar-refractivity contribution in [2.24, 2.45) is 0 Å². The maximum absolute atomic E-state index is 11.9. The van der Waals surface area contributed by atoms with Crippen LogP contribution in [0.3, 0.4) is 0 Å². The molecule has 1 aromatic heterocycles. The summed E-state index contributed by atoms with van der Waals surface area (Å²) in [6, 6.07) is 1.86. The van der Waals surface area contributed by atoms with E-state index in [9.17, 15) is 4.79 Å². The number of thiophene rings is 1. The van der Waals surface area contributed by atoms with E-state index in [-0.39, 0.29) is 11.9 Å². The number of anilines is 1. The fraction of sp³-hybridized carbons (Fsp3) is 0.583. The molecule has 4 heteroatoms. The van der Waals surface area contributed by atoms with Crippen molar-refractivity contribution in [3.63, 3.8) is 0 Å². The molecule has 0 unspecified atom stereocenters. The van der Waals surface area contributed by atoms with E-state index in [1.54, 1.807) is 0 Å². The molecule has 0 aromatic carbocycles. The molecular formula is C12H19NO2S. The fourth-order valence-corrected chi connectivity index (χ4v) is 2.30. The molecule has 0 spiro atoms. The quantitative estimate of drug-likeness (QED) is 0.807. The molecule has 1 aromatic rings. The standard InChI is InChI=1S/C12H19NO2S/c1-7(2)8-6-9(13)16-10(8)11(14)15-12(3,4)5/h6-7H,13H2,1-5H3. The Bertz CT molecular complexity index is 388. The van der Waals surface area contributed by atoms with E-state index >= 15 is 0 Å². The molecule has 0 aliphatic carbocycles. The van der Waals surface area contributed by atoms with Crippen molar-refractivity contribution in [3.8, 4) is 0 Å². The molecule has 0 aliphatic heterocycles. The minimum absolute atomic E-state index is 0.274. The van der Waals surface area contributed by atoms with Crippen molar-refractivity contribution in [1.82, 2.24) is 0 Å². The van der Waals surface area contributed by atoms with Gasteiger partial charge in [-0.1, -0.05) is 13.8 Å². The smallest absolute Gasteiger partial charge is 0.349 e. The number of hydrogen-bond donors (Lipinski definition) is 1. The normalized spacial score (nSPS) is 11.9. The first kappa shape index (κ1) is 13.0. The number of hydrogen-bond acceptors (Lipinski definition) is 4. The van der Waals surface area contributed by atoms with Crippen molar-refractivity contribution in [2.75, 3.05) is 5.73 Å². The SMILES string of the molecule is CC(C)c1cc(N)sc1C(=O)OC(C)(C)C. The van der Waals surface area contributed by atoms with Crippen molar-refractivity contribution in [3.05, 3.63) is 16.5 Å². The third-order valence-electron chi connectivity index (χ3n) is 1.99. The van der Waals surface area contributed by atoms with E-state index in [2.05, 4.69) is 0 Å². The fourth-order valence-electron chi connectivity index (χ4n) is 1.34. The van der Waals surface area contributed by atoms with Gasteiger partial charge in [-0.25, -0.2) is 4.79 Å². The minimum Gasteiger partial charge on any atom is -0.456 e. The van der Waals surface area contributed by atoms with E-state index < -0.39 is 5.60 Å². The molecule has 3 nitrogen and oxygen atoms in total. The van der Waals surface area contributed by atoms with Crippen LogP contribution in [0, 0.1) is 0 Å². The first-order chi connectivity index (χ1) is 7.20. The molecule has 2 N–H and O–H groups in total.